The molecule has 0 fully saturated rings. The fourth-order valence-corrected chi connectivity index (χ4v) is 3.09. The van der Waals surface area contributed by atoms with Crippen molar-refractivity contribution in [1.29, 1.82) is 0 Å². The first kappa shape index (κ1) is 14.0. The Hall–Kier alpha value is -1.40. The molecule has 0 saturated carbocycles. The maximum absolute atomic E-state index is 12.9. The molecule has 0 aliphatic rings. The number of benzene rings is 1. The molecular formula is C13H13FN2OS2. The van der Waals surface area contributed by atoms with Crippen LogP contribution in [0.15, 0.2) is 40.2 Å². The summed E-state index contributed by atoms with van der Waals surface area (Å²) in [5.74, 6) is 0.266. The Morgan fingerprint density at radius 3 is 3.11 bits per heavy atom. The number of halogens is 1. The Morgan fingerprint density at radius 1 is 1.47 bits per heavy atom. The smallest absolute Gasteiger partial charge is 0.251 e. The number of nitrogens with zero attached hydrogens (tertiary/aromatic N) is 1. The molecule has 2 rings (SSSR count). The number of thiazole rings is 1. The van der Waals surface area contributed by atoms with Crippen molar-refractivity contribution in [3.05, 3.63) is 47.2 Å². The molecule has 2 aromatic rings. The summed E-state index contributed by atoms with van der Waals surface area (Å²) in [4.78, 5) is 15.9. The Kier molecular flexibility index (Phi) is 5.35. The molecule has 1 N–H and O–H groups in total. The highest BCUT2D eigenvalue weighted by molar-refractivity contribution is 8.00. The monoisotopic (exact) mass is 296 g/mol. The fourth-order valence-electron chi connectivity index (χ4n) is 1.45. The number of hydrogen-bond acceptors (Lipinski definition) is 4. The van der Waals surface area contributed by atoms with Crippen LogP contribution in [0.4, 0.5) is 4.39 Å². The molecule has 1 aromatic heterocycles. The van der Waals surface area contributed by atoms with E-state index in [2.05, 4.69) is 10.3 Å². The fraction of sp³-hybridized carbons (Fsp3) is 0.231. The number of nitrogens with one attached hydrogen (secondary N) is 1. The summed E-state index contributed by atoms with van der Waals surface area (Å²) < 4.78 is 14.0. The van der Waals surface area contributed by atoms with Crippen LogP contribution in [0, 0.1) is 5.82 Å². The van der Waals surface area contributed by atoms with Crippen molar-refractivity contribution in [2.75, 3.05) is 12.3 Å². The number of thioether (sulfide) groups is 1. The molecule has 1 amide bonds. The molecule has 0 saturated heterocycles. The first-order valence-corrected chi connectivity index (χ1v) is 7.68. The quantitative estimate of drug-likeness (QED) is 0.657. The maximum atomic E-state index is 12.9. The van der Waals surface area contributed by atoms with Crippen LogP contribution in [-0.4, -0.2) is 23.2 Å². The number of carbonyl (C=O) groups is 1. The highest BCUT2D eigenvalue weighted by Gasteiger charge is 2.05. The van der Waals surface area contributed by atoms with Gasteiger partial charge in [-0.25, -0.2) is 9.37 Å². The molecule has 0 radical (unpaired) electrons. The molecule has 6 heteroatoms. The van der Waals surface area contributed by atoms with E-state index in [0.29, 0.717) is 12.1 Å². The topological polar surface area (TPSA) is 42.0 Å². The second kappa shape index (κ2) is 7.25. The van der Waals surface area contributed by atoms with Crippen LogP contribution < -0.4 is 5.32 Å². The van der Waals surface area contributed by atoms with Gasteiger partial charge in [-0.3, -0.25) is 4.79 Å². The predicted molar refractivity (Wildman–Crippen MR) is 76.2 cm³/mol. The molecule has 0 unspecified atom stereocenters. The van der Waals surface area contributed by atoms with Crippen LogP contribution >= 0.6 is 23.1 Å². The van der Waals surface area contributed by atoms with E-state index in [0.717, 1.165) is 16.5 Å². The summed E-state index contributed by atoms with van der Waals surface area (Å²) in [7, 11) is 0. The van der Waals surface area contributed by atoms with E-state index in [4.69, 9.17) is 0 Å². The van der Waals surface area contributed by atoms with Gasteiger partial charge < -0.3 is 5.32 Å². The molecule has 0 bridgehead atoms. The van der Waals surface area contributed by atoms with Gasteiger partial charge in [0.25, 0.3) is 5.91 Å². The van der Waals surface area contributed by atoms with Gasteiger partial charge in [-0.05, 0) is 24.6 Å². The van der Waals surface area contributed by atoms with Gasteiger partial charge in [-0.1, -0.05) is 17.8 Å². The molecule has 0 spiro atoms. The average molecular weight is 296 g/mol. The maximum Gasteiger partial charge on any atom is 0.251 e. The zero-order valence-corrected chi connectivity index (χ0v) is 11.8. The van der Waals surface area contributed by atoms with Crippen molar-refractivity contribution >= 4 is 29.0 Å². The van der Waals surface area contributed by atoms with Crippen molar-refractivity contribution in [1.82, 2.24) is 10.3 Å². The summed E-state index contributed by atoms with van der Waals surface area (Å²) in [5, 5.41) is 4.71. The van der Waals surface area contributed by atoms with Crippen LogP contribution in [0.1, 0.15) is 16.8 Å². The third-order valence-electron chi connectivity index (χ3n) is 2.33. The number of aromatic nitrogens is 1. The normalized spacial score (nSPS) is 10.4. The van der Waals surface area contributed by atoms with Crippen molar-refractivity contribution < 1.29 is 9.18 Å². The van der Waals surface area contributed by atoms with Crippen LogP contribution in [0.2, 0.25) is 0 Å². The Bertz CT molecular complexity index is 531. The first-order chi connectivity index (χ1) is 9.25. The van der Waals surface area contributed by atoms with Crippen molar-refractivity contribution in [3.63, 3.8) is 0 Å². The molecule has 0 atom stereocenters. The summed E-state index contributed by atoms with van der Waals surface area (Å²) in [5.41, 5.74) is 0.354. The SMILES string of the molecule is O=C(NCCCSc1nccs1)c1cccc(F)c1. The van der Waals surface area contributed by atoms with Gasteiger partial charge in [0.15, 0.2) is 0 Å². The Balaban J connectivity index is 1.67. The minimum atomic E-state index is -0.396. The van der Waals surface area contributed by atoms with E-state index >= 15 is 0 Å². The standard InChI is InChI=1S/C13H13FN2OS2/c14-11-4-1-3-10(9-11)12(17)15-5-2-7-18-13-16-6-8-19-13/h1,3-4,6,8-9H,2,5,7H2,(H,15,17). The molecule has 0 aliphatic carbocycles. The van der Waals surface area contributed by atoms with E-state index in [-0.39, 0.29) is 5.91 Å². The van der Waals surface area contributed by atoms with Crippen LogP contribution in [0.3, 0.4) is 0 Å². The highest BCUT2D eigenvalue weighted by Crippen LogP contribution is 2.20. The minimum absolute atomic E-state index is 0.237. The van der Waals surface area contributed by atoms with E-state index in [1.54, 1.807) is 35.4 Å². The minimum Gasteiger partial charge on any atom is -0.352 e. The lowest BCUT2D eigenvalue weighted by atomic mass is 10.2. The molecule has 19 heavy (non-hydrogen) atoms. The van der Waals surface area contributed by atoms with E-state index in [9.17, 15) is 9.18 Å². The molecule has 3 nitrogen and oxygen atoms in total. The lowest BCUT2D eigenvalue weighted by Crippen LogP contribution is -2.24. The van der Waals surface area contributed by atoms with Gasteiger partial charge in [0.1, 0.15) is 10.2 Å². The number of rotatable bonds is 6. The van der Waals surface area contributed by atoms with Crippen LogP contribution in [0.5, 0.6) is 0 Å². The van der Waals surface area contributed by atoms with Crippen LogP contribution in [0.25, 0.3) is 0 Å². The zero-order chi connectivity index (χ0) is 13.5. The molecular weight excluding hydrogens is 283 g/mol. The van der Waals surface area contributed by atoms with Crippen LogP contribution in [-0.2, 0) is 0 Å². The summed E-state index contributed by atoms with van der Waals surface area (Å²) in [6.45, 7) is 0.577. The second-order valence-corrected chi connectivity index (χ2v) is 6.00. The van der Waals surface area contributed by atoms with E-state index in [1.165, 1.54) is 18.2 Å². The van der Waals surface area contributed by atoms with E-state index in [1.807, 2.05) is 5.38 Å². The van der Waals surface area contributed by atoms with Gasteiger partial charge in [-0.15, -0.1) is 11.3 Å². The van der Waals surface area contributed by atoms with Crippen molar-refractivity contribution in [3.8, 4) is 0 Å². The number of carbonyl (C=O) groups excluding carboxylic acids is 1. The number of amides is 1. The second-order valence-electron chi connectivity index (χ2n) is 3.77. The first-order valence-electron chi connectivity index (χ1n) is 5.82. The predicted octanol–water partition coefficient (Wildman–Crippen LogP) is 3.19. The lowest BCUT2D eigenvalue weighted by Gasteiger charge is -2.04. The third-order valence-corrected chi connectivity index (χ3v) is 4.38. The highest BCUT2D eigenvalue weighted by atomic mass is 32.2. The van der Waals surface area contributed by atoms with Gasteiger partial charge in [0, 0.05) is 29.4 Å². The Morgan fingerprint density at radius 2 is 2.37 bits per heavy atom. The zero-order valence-electron chi connectivity index (χ0n) is 10.1. The lowest BCUT2D eigenvalue weighted by molar-refractivity contribution is 0.0953. The summed E-state index contributed by atoms with van der Waals surface area (Å²) >= 11 is 3.28. The Labute approximate surface area is 119 Å². The average Bonchev–Trinajstić information content (AvgIpc) is 2.91. The largest absolute Gasteiger partial charge is 0.352 e. The molecule has 0 aliphatic heterocycles. The number of hydrogen-bond donors (Lipinski definition) is 1. The van der Waals surface area contributed by atoms with E-state index < -0.39 is 5.82 Å². The molecule has 100 valence electrons. The van der Waals surface area contributed by atoms with Crippen molar-refractivity contribution in [2.45, 2.75) is 10.8 Å². The van der Waals surface area contributed by atoms with Gasteiger partial charge in [-0.2, -0.15) is 0 Å². The molecule has 1 aromatic carbocycles. The molecule has 1 heterocycles. The summed E-state index contributed by atoms with van der Waals surface area (Å²) in [6, 6.07) is 5.69. The van der Waals surface area contributed by atoms with Crippen molar-refractivity contribution in [2.24, 2.45) is 0 Å². The van der Waals surface area contributed by atoms with Gasteiger partial charge in [0.2, 0.25) is 0 Å². The van der Waals surface area contributed by atoms with Gasteiger partial charge >= 0.3 is 0 Å². The third kappa shape index (κ3) is 4.65. The van der Waals surface area contributed by atoms with Gasteiger partial charge in [0.05, 0.1) is 0 Å². The summed E-state index contributed by atoms with van der Waals surface area (Å²) in [6.07, 6.45) is 2.63.